The Balaban J connectivity index is 1.92. The monoisotopic (exact) mass is 450 g/mol. The van der Waals surface area contributed by atoms with Crippen molar-refractivity contribution in [2.75, 3.05) is 30.4 Å². The standard InChI is InChI=1S/C20H19FN2O5S2/c1-27-16-9-10-18(28-2)17(12-16)22-19(24)13-23(15-7-5-14(21)6-8-15)30(25,26)20-4-3-11-29-20/h3-12H,13H2,1-2H3,(H,22,24). The van der Waals surface area contributed by atoms with Crippen LogP contribution in [0.3, 0.4) is 0 Å². The van der Waals surface area contributed by atoms with Gasteiger partial charge in [-0.2, -0.15) is 0 Å². The number of nitrogens with one attached hydrogen (secondary N) is 1. The predicted molar refractivity (Wildman–Crippen MR) is 113 cm³/mol. The van der Waals surface area contributed by atoms with Gasteiger partial charge in [-0.3, -0.25) is 9.10 Å². The summed E-state index contributed by atoms with van der Waals surface area (Å²) in [4.78, 5) is 12.8. The molecule has 0 unspecified atom stereocenters. The summed E-state index contributed by atoms with van der Waals surface area (Å²) in [5.74, 6) is -0.241. The van der Waals surface area contributed by atoms with Gasteiger partial charge in [0.05, 0.1) is 25.6 Å². The summed E-state index contributed by atoms with van der Waals surface area (Å²) in [5.41, 5.74) is 0.493. The third kappa shape index (κ3) is 4.71. The maximum atomic E-state index is 13.4. The summed E-state index contributed by atoms with van der Waals surface area (Å²) in [7, 11) is -1.10. The van der Waals surface area contributed by atoms with Crippen LogP contribution in [0.1, 0.15) is 0 Å². The number of methoxy groups -OCH3 is 2. The molecule has 1 aromatic heterocycles. The molecule has 30 heavy (non-hydrogen) atoms. The van der Waals surface area contributed by atoms with Crippen LogP contribution in [0.2, 0.25) is 0 Å². The molecule has 0 saturated carbocycles. The number of benzene rings is 2. The first-order valence-corrected chi connectivity index (χ1v) is 11.0. The summed E-state index contributed by atoms with van der Waals surface area (Å²) in [6.07, 6.45) is 0. The Morgan fingerprint density at radius 2 is 1.83 bits per heavy atom. The van der Waals surface area contributed by atoms with Crippen LogP contribution in [0.4, 0.5) is 15.8 Å². The number of ether oxygens (including phenoxy) is 2. The molecule has 0 aliphatic rings. The van der Waals surface area contributed by atoms with E-state index in [9.17, 15) is 17.6 Å². The van der Waals surface area contributed by atoms with Crippen LogP contribution in [-0.2, 0) is 14.8 Å². The van der Waals surface area contributed by atoms with E-state index in [-0.39, 0.29) is 9.90 Å². The molecule has 10 heteroatoms. The molecule has 7 nitrogen and oxygen atoms in total. The Kier molecular flexibility index (Phi) is 6.58. The van der Waals surface area contributed by atoms with Crippen LogP contribution in [0, 0.1) is 5.82 Å². The lowest BCUT2D eigenvalue weighted by molar-refractivity contribution is -0.114. The number of amides is 1. The van der Waals surface area contributed by atoms with E-state index in [1.165, 1.54) is 32.4 Å². The van der Waals surface area contributed by atoms with Crippen molar-refractivity contribution in [3.63, 3.8) is 0 Å². The van der Waals surface area contributed by atoms with Crippen LogP contribution in [0.25, 0.3) is 0 Å². The molecule has 1 heterocycles. The molecule has 1 N–H and O–H groups in total. The molecule has 0 bridgehead atoms. The number of carbonyl (C=O) groups is 1. The molecule has 3 aromatic rings. The molecule has 0 aliphatic carbocycles. The molecule has 0 saturated heterocycles. The normalized spacial score (nSPS) is 11.0. The van der Waals surface area contributed by atoms with Crippen molar-refractivity contribution in [2.45, 2.75) is 4.21 Å². The minimum Gasteiger partial charge on any atom is -0.497 e. The van der Waals surface area contributed by atoms with Crippen LogP contribution < -0.4 is 19.1 Å². The van der Waals surface area contributed by atoms with Crippen molar-refractivity contribution in [3.8, 4) is 11.5 Å². The van der Waals surface area contributed by atoms with Gasteiger partial charge >= 0.3 is 0 Å². The van der Waals surface area contributed by atoms with Crippen LogP contribution in [-0.4, -0.2) is 35.1 Å². The highest BCUT2D eigenvalue weighted by atomic mass is 32.2. The van der Waals surface area contributed by atoms with E-state index in [1.54, 1.807) is 29.6 Å². The van der Waals surface area contributed by atoms with Crippen LogP contribution in [0.5, 0.6) is 11.5 Å². The van der Waals surface area contributed by atoms with Gasteiger partial charge in [-0.15, -0.1) is 11.3 Å². The first-order valence-electron chi connectivity index (χ1n) is 8.69. The van der Waals surface area contributed by atoms with Gasteiger partial charge in [0.1, 0.15) is 28.1 Å². The van der Waals surface area contributed by atoms with E-state index in [4.69, 9.17) is 9.47 Å². The van der Waals surface area contributed by atoms with Crippen molar-refractivity contribution in [1.82, 2.24) is 0 Å². The molecule has 0 spiro atoms. The topological polar surface area (TPSA) is 84.9 Å². The SMILES string of the molecule is COc1ccc(OC)c(NC(=O)CN(c2ccc(F)cc2)S(=O)(=O)c2cccs2)c1. The Bertz CT molecular complexity index is 1120. The number of thiophene rings is 1. The quantitative estimate of drug-likeness (QED) is 0.565. The molecular formula is C20H19FN2O5S2. The van der Waals surface area contributed by atoms with Crippen molar-refractivity contribution in [1.29, 1.82) is 0 Å². The summed E-state index contributed by atoms with van der Waals surface area (Å²) < 4.78 is 51.0. The van der Waals surface area contributed by atoms with E-state index in [2.05, 4.69) is 5.32 Å². The number of anilines is 2. The maximum Gasteiger partial charge on any atom is 0.274 e. The predicted octanol–water partition coefficient (Wildman–Crippen LogP) is 3.74. The third-order valence-electron chi connectivity index (χ3n) is 4.12. The lowest BCUT2D eigenvalue weighted by Crippen LogP contribution is -2.37. The molecular weight excluding hydrogens is 431 g/mol. The van der Waals surface area contributed by atoms with Gasteiger partial charge < -0.3 is 14.8 Å². The van der Waals surface area contributed by atoms with E-state index in [1.807, 2.05) is 0 Å². The molecule has 1 amide bonds. The Morgan fingerprint density at radius 3 is 2.43 bits per heavy atom. The lowest BCUT2D eigenvalue weighted by Gasteiger charge is -2.23. The zero-order chi connectivity index (χ0) is 21.7. The number of hydrogen-bond donors (Lipinski definition) is 1. The molecule has 0 aliphatic heterocycles. The van der Waals surface area contributed by atoms with Crippen molar-refractivity contribution in [2.24, 2.45) is 0 Å². The highest BCUT2D eigenvalue weighted by Crippen LogP contribution is 2.30. The summed E-state index contributed by atoms with van der Waals surface area (Å²) in [6, 6.07) is 12.8. The number of halogens is 1. The van der Waals surface area contributed by atoms with E-state index in [0.717, 1.165) is 27.8 Å². The van der Waals surface area contributed by atoms with Gasteiger partial charge in [0.15, 0.2) is 0 Å². The van der Waals surface area contributed by atoms with Crippen molar-refractivity contribution < 1.29 is 27.1 Å². The molecule has 2 aromatic carbocycles. The van der Waals surface area contributed by atoms with E-state index >= 15 is 0 Å². The average Bonchev–Trinajstić information content (AvgIpc) is 3.28. The fourth-order valence-corrected chi connectivity index (χ4v) is 5.20. The Morgan fingerprint density at radius 1 is 1.10 bits per heavy atom. The number of hydrogen-bond acceptors (Lipinski definition) is 6. The summed E-state index contributed by atoms with van der Waals surface area (Å²) in [6.45, 7) is -0.522. The lowest BCUT2D eigenvalue weighted by atomic mass is 10.2. The molecule has 0 fully saturated rings. The van der Waals surface area contributed by atoms with Crippen molar-refractivity contribution in [3.05, 3.63) is 65.8 Å². The summed E-state index contributed by atoms with van der Waals surface area (Å²) in [5, 5.41) is 4.27. The Hall–Kier alpha value is -3.11. The third-order valence-corrected chi connectivity index (χ3v) is 7.27. The second-order valence-corrected chi connectivity index (χ2v) is 9.07. The number of sulfonamides is 1. The van der Waals surface area contributed by atoms with Gasteiger partial charge in [0, 0.05) is 6.07 Å². The van der Waals surface area contributed by atoms with Gasteiger partial charge in [0.25, 0.3) is 10.0 Å². The molecule has 3 rings (SSSR count). The molecule has 0 atom stereocenters. The average molecular weight is 451 g/mol. The maximum absolute atomic E-state index is 13.4. The number of rotatable bonds is 8. The number of carbonyl (C=O) groups excluding carboxylic acids is 1. The van der Waals surface area contributed by atoms with Gasteiger partial charge in [0.2, 0.25) is 5.91 Å². The zero-order valence-electron chi connectivity index (χ0n) is 16.2. The second kappa shape index (κ2) is 9.14. The van der Waals surface area contributed by atoms with Crippen LogP contribution in [0.15, 0.2) is 64.2 Å². The minimum atomic E-state index is -4.03. The van der Waals surface area contributed by atoms with Gasteiger partial charge in [-0.1, -0.05) is 6.07 Å². The first-order chi connectivity index (χ1) is 14.3. The minimum absolute atomic E-state index is 0.0681. The molecule has 158 valence electrons. The molecule has 0 radical (unpaired) electrons. The fraction of sp³-hybridized carbons (Fsp3) is 0.150. The fourth-order valence-electron chi connectivity index (χ4n) is 2.67. The number of nitrogens with zero attached hydrogens (tertiary/aromatic N) is 1. The highest BCUT2D eigenvalue weighted by molar-refractivity contribution is 7.94. The Labute approximate surface area is 177 Å². The van der Waals surface area contributed by atoms with Crippen molar-refractivity contribution >= 4 is 38.6 Å². The van der Waals surface area contributed by atoms with E-state index in [0.29, 0.717) is 17.2 Å². The van der Waals surface area contributed by atoms with Gasteiger partial charge in [-0.25, -0.2) is 12.8 Å². The van der Waals surface area contributed by atoms with E-state index < -0.39 is 28.3 Å². The van der Waals surface area contributed by atoms with Gasteiger partial charge in [-0.05, 0) is 47.8 Å². The summed E-state index contributed by atoms with van der Waals surface area (Å²) >= 11 is 1.03. The smallest absolute Gasteiger partial charge is 0.274 e. The zero-order valence-corrected chi connectivity index (χ0v) is 17.8. The first kappa shape index (κ1) is 21.6. The second-order valence-electron chi connectivity index (χ2n) is 6.03. The highest BCUT2D eigenvalue weighted by Gasteiger charge is 2.28. The largest absolute Gasteiger partial charge is 0.497 e. The van der Waals surface area contributed by atoms with Crippen LogP contribution >= 0.6 is 11.3 Å².